The summed E-state index contributed by atoms with van der Waals surface area (Å²) in [6.07, 6.45) is -0.514. The van der Waals surface area contributed by atoms with Gasteiger partial charge in [-0.2, -0.15) is 0 Å². The van der Waals surface area contributed by atoms with Crippen molar-refractivity contribution < 1.29 is 19.7 Å². The fourth-order valence-electron chi connectivity index (χ4n) is 3.22. The average molecular weight is 327 g/mol. The van der Waals surface area contributed by atoms with E-state index in [2.05, 4.69) is 24.3 Å². The highest BCUT2D eigenvalue weighted by atomic mass is 16.6. The van der Waals surface area contributed by atoms with Gasteiger partial charge in [-0.3, -0.25) is 0 Å². The van der Waals surface area contributed by atoms with Crippen LogP contribution in [0.2, 0.25) is 0 Å². The van der Waals surface area contributed by atoms with Crippen molar-refractivity contribution in [1.29, 1.82) is 0 Å². The number of hydrogen-bond donors (Lipinski definition) is 2. The number of ether oxygens (including phenoxy) is 1. The minimum atomic E-state index is -0.514. The molecule has 5 heteroatoms. The first kappa shape index (κ1) is 16.5. The van der Waals surface area contributed by atoms with Gasteiger partial charge in [-0.05, 0) is 22.3 Å². The minimum Gasteiger partial charge on any atom is -0.448 e. The maximum Gasteiger partial charge on any atom is 0.409 e. The van der Waals surface area contributed by atoms with Gasteiger partial charge < -0.3 is 19.8 Å². The maximum atomic E-state index is 12.2. The van der Waals surface area contributed by atoms with Gasteiger partial charge in [0.2, 0.25) is 0 Å². The summed E-state index contributed by atoms with van der Waals surface area (Å²) >= 11 is 0. The Morgan fingerprint density at radius 3 is 1.92 bits per heavy atom. The Morgan fingerprint density at radius 2 is 1.42 bits per heavy atom. The summed E-state index contributed by atoms with van der Waals surface area (Å²) in [6, 6.07) is 16.3. The van der Waals surface area contributed by atoms with Gasteiger partial charge in [-0.1, -0.05) is 48.5 Å². The molecule has 0 radical (unpaired) electrons. The van der Waals surface area contributed by atoms with Crippen molar-refractivity contribution in [3.8, 4) is 11.1 Å². The molecular formula is C19H21NO4. The van der Waals surface area contributed by atoms with Crippen molar-refractivity contribution >= 4 is 6.09 Å². The predicted octanol–water partition coefficient (Wildman–Crippen LogP) is 2.22. The Morgan fingerprint density at radius 1 is 0.917 bits per heavy atom. The summed E-state index contributed by atoms with van der Waals surface area (Å²) in [4.78, 5) is 13.5. The van der Waals surface area contributed by atoms with E-state index in [1.807, 2.05) is 24.3 Å². The highest BCUT2D eigenvalue weighted by Gasteiger charge is 2.29. The summed E-state index contributed by atoms with van der Waals surface area (Å²) in [7, 11) is 0. The molecule has 0 fully saturated rings. The SMILES string of the molecule is O=C(OCC1c2ccccc2-c2ccccc21)N(CCO)CCO. The number of benzene rings is 2. The highest BCUT2D eigenvalue weighted by Crippen LogP contribution is 2.44. The van der Waals surface area contributed by atoms with Crippen LogP contribution in [0.4, 0.5) is 4.79 Å². The van der Waals surface area contributed by atoms with Crippen LogP contribution in [0, 0.1) is 0 Å². The number of carbonyl (C=O) groups excluding carboxylic acids is 1. The van der Waals surface area contributed by atoms with Crippen LogP contribution in [-0.4, -0.2) is 54.1 Å². The van der Waals surface area contributed by atoms with Crippen molar-refractivity contribution in [2.45, 2.75) is 5.92 Å². The van der Waals surface area contributed by atoms with Crippen molar-refractivity contribution in [2.24, 2.45) is 0 Å². The highest BCUT2D eigenvalue weighted by molar-refractivity contribution is 5.79. The molecule has 1 amide bonds. The van der Waals surface area contributed by atoms with E-state index in [-0.39, 0.29) is 38.8 Å². The number of aliphatic hydroxyl groups excluding tert-OH is 2. The van der Waals surface area contributed by atoms with E-state index in [4.69, 9.17) is 14.9 Å². The summed E-state index contributed by atoms with van der Waals surface area (Å²) in [5.74, 6) is 0.00598. The van der Waals surface area contributed by atoms with E-state index in [9.17, 15) is 4.79 Å². The van der Waals surface area contributed by atoms with Gasteiger partial charge in [0.25, 0.3) is 0 Å². The van der Waals surface area contributed by atoms with Gasteiger partial charge in [-0.15, -0.1) is 0 Å². The molecule has 5 nitrogen and oxygen atoms in total. The van der Waals surface area contributed by atoms with Crippen molar-refractivity contribution in [3.63, 3.8) is 0 Å². The molecule has 0 spiro atoms. The topological polar surface area (TPSA) is 70.0 Å². The standard InChI is InChI=1S/C19H21NO4/c21-11-9-20(10-12-22)19(23)24-13-18-16-7-3-1-5-14(16)15-6-2-4-8-17(15)18/h1-8,18,21-22H,9-13H2. The van der Waals surface area contributed by atoms with Crippen LogP contribution in [0.5, 0.6) is 0 Å². The molecule has 126 valence electrons. The van der Waals surface area contributed by atoms with E-state index in [1.54, 1.807) is 0 Å². The zero-order valence-electron chi connectivity index (χ0n) is 13.4. The molecule has 24 heavy (non-hydrogen) atoms. The molecule has 2 aromatic rings. The largest absolute Gasteiger partial charge is 0.448 e. The maximum absolute atomic E-state index is 12.2. The van der Waals surface area contributed by atoms with Crippen LogP contribution in [0.3, 0.4) is 0 Å². The number of rotatable bonds is 6. The Labute approximate surface area is 141 Å². The van der Waals surface area contributed by atoms with Crippen molar-refractivity contribution in [2.75, 3.05) is 32.9 Å². The lowest BCUT2D eigenvalue weighted by Crippen LogP contribution is -2.36. The number of carbonyl (C=O) groups is 1. The second-order valence-electron chi connectivity index (χ2n) is 5.74. The molecule has 0 saturated heterocycles. The fourth-order valence-corrected chi connectivity index (χ4v) is 3.22. The Hall–Kier alpha value is -2.37. The van der Waals surface area contributed by atoms with E-state index < -0.39 is 6.09 Å². The molecule has 0 bridgehead atoms. The van der Waals surface area contributed by atoms with Crippen molar-refractivity contribution in [1.82, 2.24) is 4.90 Å². The number of hydrogen-bond acceptors (Lipinski definition) is 4. The second-order valence-corrected chi connectivity index (χ2v) is 5.74. The molecule has 0 saturated carbocycles. The first-order chi connectivity index (χ1) is 11.8. The van der Waals surface area contributed by atoms with Crippen LogP contribution >= 0.6 is 0 Å². The van der Waals surface area contributed by atoms with Gasteiger partial charge in [0.05, 0.1) is 13.2 Å². The zero-order valence-corrected chi connectivity index (χ0v) is 13.4. The fraction of sp³-hybridized carbons (Fsp3) is 0.316. The third kappa shape index (κ3) is 3.13. The lowest BCUT2D eigenvalue weighted by Gasteiger charge is -2.22. The van der Waals surface area contributed by atoms with Gasteiger partial charge in [-0.25, -0.2) is 4.79 Å². The van der Waals surface area contributed by atoms with E-state index in [1.165, 1.54) is 16.0 Å². The van der Waals surface area contributed by atoms with Crippen LogP contribution in [0.25, 0.3) is 11.1 Å². The summed E-state index contributed by atoms with van der Waals surface area (Å²) in [6.45, 7) is 0.211. The van der Waals surface area contributed by atoms with Gasteiger partial charge in [0.1, 0.15) is 6.61 Å². The van der Waals surface area contributed by atoms with E-state index in [0.717, 1.165) is 11.1 Å². The van der Waals surface area contributed by atoms with E-state index >= 15 is 0 Å². The van der Waals surface area contributed by atoms with Crippen molar-refractivity contribution in [3.05, 3.63) is 59.7 Å². The zero-order chi connectivity index (χ0) is 16.9. The first-order valence-corrected chi connectivity index (χ1v) is 8.08. The predicted molar refractivity (Wildman–Crippen MR) is 90.8 cm³/mol. The molecule has 0 aromatic heterocycles. The summed E-state index contributed by atoms with van der Waals surface area (Å²) in [5, 5.41) is 18.0. The molecule has 0 aliphatic heterocycles. The third-order valence-corrected chi connectivity index (χ3v) is 4.33. The van der Waals surface area contributed by atoms with Crippen LogP contribution in [-0.2, 0) is 4.74 Å². The molecule has 3 rings (SSSR count). The van der Waals surface area contributed by atoms with Crippen LogP contribution < -0.4 is 0 Å². The third-order valence-electron chi connectivity index (χ3n) is 4.33. The smallest absolute Gasteiger partial charge is 0.409 e. The minimum absolute atomic E-state index is 0.00598. The molecule has 1 aliphatic rings. The Balaban J connectivity index is 1.77. The molecular weight excluding hydrogens is 306 g/mol. The number of amides is 1. The van der Waals surface area contributed by atoms with Gasteiger partial charge in [0.15, 0.2) is 0 Å². The van der Waals surface area contributed by atoms with Gasteiger partial charge in [0, 0.05) is 19.0 Å². The normalized spacial score (nSPS) is 12.6. The molecule has 0 heterocycles. The molecule has 2 aromatic carbocycles. The van der Waals surface area contributed by atoms with Gasteiger partial charge >= 0.3 is 6.09 Å². The summed E-state index contributed by atoms with van der Waals surface area (Å²) < 4.78 is 5.47. The molecule has 2 N–H and O–H groups in total. The summed E-state index contributed by atoms with van der Waals surface area (Å²) in [5.41, 5.74) is 4.66. The Bertz CT molecular complexity index is 665. The number of fused-ring (bicyclic) bond motifs is 3. The lowest BCUT2D eigenvalue weighted by atomic mass is 9.98. The molecule has 0 unspecified atom stereocenters. The molecule has 1 aliphatic carbocycles. The quantitative estimate of drug-likeness (QED) is 0.853. The Kier molecular flexibility index (Phi) is 5.13. The second kappa shape index (κ2) is 7.47. The van der Waals surface area contributed by atoms with E-state index in [0.29, 0.717) is 0 Å². The average Bonchev–Trinajstić information content (AvgIpc) is 2.93. The van der Waals surface area contributed by atoms with Crippen LogP contribution in [0.15, 0.2) is 48.5 Å². The number of nitrogens with zero attached hydrogens (tertiary/aromatic N) is 1. The van der Waals surface area contributed by atoms with Crippen LogP contribution in [0.1, 0.15) is 17.0 Å². The first-order valence-electron chi connectivity index (χ1n) is 8.08. The monoisotopic (exact) mass is 327 g/mol. The number of aliphatic hydroxyl groups is 2. The lowest BCUT2D eigenvalue weighted by molar-refractivity contribution is 0.0839. The molecule has 0 atom stereocenters.